The molecule has 1 saturated heterocycles. The van der Waals surface area contributed by atoms with Gasteiger partial charge in [-0.25, -0.2) is 4.79 Å². The molecule has 0 aromatic heterocycles. The van der Waals surface area contributed by atoms with Crippen molar-refractivity contribution >= 4 is 6.03 Å². The zero-order valence-corrected chi connectivity index (χ0v) is 15.2. The van der Waals surface area contributed by atoms with Gasteiger partial charge in [-0.3, -0.25) is 0 Å². The van der Waals surface area contributed by atoms with Crippen LogP contribution in [0.5, 0.6) is 11.5 Å². The van der Waals surface area contributed by atoms with Gasteiger partial charge in [0, 0.05) is 13.1 Å². The van der Waals surface area contributed by atoms with Crippen LogP contribution < -0.4 is 14.8 Å². The summed E-state index contributed by atoms with van der Waals surface area (Å²) in [6.45, 7) is 5.72. The van der Waals surface area contributed by atoms with Crippen LogP contribution in [0.25, 0.3) is 0 Å². The topological polar surface area (TPSA) is 60.0 Å². The van der Waals surface area contributed by atoms with Crippen molar-refractivity contribution in [1.82, 2.24) is 10.2 Å². The summed E-state index contributed by atoms with van der Waals surface area (Å²) < 4.78 is 17.1. The Kier molecular flexibility index (Phi) is 5.68. The number of benzene rings is 1. The minimum atomic E-state index is -0.155. The Balaban J connectivity index is 1.47. The van der Waals surface area contributed by atoms with Crippen molar-refractivity contribution in [3.05, 3.63) is 24.3 Å². The Labute approximate surface area is 149 Å². The number of nitrogens with zero attached hydrogens (tertiary/aromatic N) is 1. The summed E-state index contributed by atoms with van der Waals surface area (Å²) in [5, 5.41) is 2.98. The number of para-hydroxylation sites is 2. The predicted octanol–water partition coefficient (Wildman–Crippen LogP) is 2.67. The summed E-state index contributed by atoms with van der Waals surface area (Å²) in [4.78, 5) is 14.4. The van der Waals surface area contributed by atoms with E-state index in [1.165, 1.54) is 12.8 Å². The molecule has 1 heterocycles. The van der Waals surface area contributed by atoms with Crippen LogP contribution in [0.3, 0.4) is 0 Å². The first-order chi connectivity index (χ1) is 12.1. The maximum atomic E-state index is 12.5. The van der Waals surface area contributed by atoms with E-state index in [0.717, 1.165) is 0 Å². The summed E-state index contributed by atoms with van der Waals surface area (Å²) in [7, 11) is 1.62. The van der Waals surface area contributed by atoms with Crippen molar-refractivity contribution in [1.29, 1.82) is 0 Å². The third kappa shape index (κ3) is 4.78. The number of carbonyl (C=O) groups is 1. The monoisotopic (exact) mass is 348 g/mol. The van der Waals surface area contributed by atoms with Crippen molar-refractivity contribution < 1.29 is 19.0 Å². The number of rotatable bonds is 6. The maximum Gasteiger partial charge on any atom is 0.317 e. The molecular formula is C19H28N2O4. The van der Waals surface area contributed by atoms with Crippen LogP contribution in [0.1, 0.15) is 26.7 Å². The number of morpholine rings is 1. The van der Waals surface area contributed by atoms with Crippen LogP contribution in [0.2, 0.25) is 0 Å². The fourth-order valence-electron chi connectivity index (χ4n) is 3.20. The number of nitrogens with one attached hydrogen (secondary N) is 1. The lowest BCUT2D eigenvalue weighted by Crippen LogP contribution is -2.53. The van der Waals surface area contributed by atoms with Gasteiger partial charge in [0.1, 0.15) is 6.10 Å². The number of urea groups is 1. The molecule has 0 bridgehead atoms. The van der Waals surface area contributed by atoms with E-state index in [4.69, 9.17) is 14.2 Å². The zero-order valence-electron chi connectivity index (χ0n) is 15.2. The van der Waals surface area contributed by atoms with Gasteiger partial charge in [-0.1, -0.05) is 12.1 Å². The molecule has 2 fully saturated rings. The Hall–Kier alpha value is -1.95. The number of carbonyl (C=O) groups excluding carboxylic acids is 1. The zero-order chi connectivity index (χ0) is 17.8. The van der Waals surface area contributed by atoms with E-state index < -0.39 is 0 Å². The maximum absolute atomic E-state index is 12.5. The van der Waals surface area contributed by atoms with E-state index in [9.17, 15) is 4.79 Å². The fourth-order valence-corrected chi connectivity index (χ4v) is 3.20. The lowest BCUT2D eigenvalue weighted by molar-refractivity contribution is -0.0731. The summed E-state index contributed by atoms with van der Waals surface area (Å²) in [6.07, 6.45) is 2.56. The molecule has 3 rings (SSSR count). The van der Waals surface area contributed by atoms with E-state index in [1.54, 1.807) is 7.11 Å². The number of methoxy groups -OCH3 is 1. The molecule has 2 aliphatic rings. The fraction of sp³-hybridized carbons (Fsp3) is 0.632. The van der Waals surface area contributed by atoms with E-state index >= 15 is 0 Å². The SMILES string of the molecule is COc1ccccc1OC(C)CNC(=O)N1CC(C)OC(C2CC2)C1. The molecule has 1 aliphatic heterocycles. The second kappa shape index (κ2) is 7.95. The summed E-state index contributed by atoms with van der Waals surface area (Å²) >= 11 is 0. The quantitative estimate of drug-likeness (QED) is 0.859. The Morgan fingerprint density at radius 2 is 2.04 bits per heavy atom. The van der Waals surface area contributed by atoms with E-state index in [-0.39, 0.29) is 24.3 Å². The molecule has 3 unspecified atom stereocenters. The molecule has 1 saturated carbocycles. The first-order valence-electron chi connectivity index (χ1n) is 9.04. The van der Waals surface area contributed by atoms with Gasteiger partial charge in [0.15, 0.2) is 11.5 Å². The van der Waals surface area contributed by atoms with E-state index in [0.29, 0.717) is 37.1 Å². The van der Waals surface area contributed by atoms with Crippen LogP contribution in [-0.2, 0) is 4.74 Å². The highest BCUT2D eigenvalue weighted by Crippen LogP contribution is 2.36. The second-order valence-electron chi connectivity index (χ2n) is 6.99. The van der Waals surface area contributed by atoms with Gasteiger partial charge in [0.25, 0.3) is 0 Å². The van der Waals surface area contributed by atoms with Crippen LogP contribution in [0.15, 0.2) is 24.3 Å². The van der Waals surface area contributed by atoms with E-state index in [2.05, 4.69) is 5.32 Å². The first kappa shape index (κ1) is 17.9. The normalized spacial score (nSPS) is 24.5. The summed E-state index contributed by atoms with van der Waals surface area (Å²) in [5.41, 5.74) is 0. The predicted molar refractivity (Wildman–Crippen MR) is 95.1 cm³/mol. The average Bonchev–Trinajstić information content (AvgIpc) is 3.44. The van der Waals surface area contributed by atoms with Crippen molar-refractivity contribution in [3.63, 3.8) is 0 Å². The molecular weight excluding hydrogens is 320 g/mol. The lowest BCUT2D eigenvalue weighted by Gasteiger charge is -2.37. The number of hydrogen-bond donors (Lipinski definition) is 1. The molecule has 3 atom stereocenters. The average molecular weight is 348 g/mol. The lowest BCUT2D eigenvalue weighted by atomic mass is 10.1. The minimum absolute atomic E-state index is 0.0451. The van der Waals surface area contributed by atoms with Gasteiger partial charge in [-0.2, -0.15) is 0 Å². The van der Waals surface area contributed by atoms with Crippen LogP contribution in [-0.4, -0.2) is 56.0 Å². The number of ether oxygens (including phenoxy) is 3. The van der Waals surface area contributed by atoms with Crippen LogP contribution >= 0.6 is 0 Å². The molecule has 2 amide bonds. The van der Waals surface area contributed by atoms with Crippen molar-refractivity contribution in [3.8, 4) is 11.5 Å². The van der Waals surface area contributed by atoms with Gasteiger partial charge in [-0.15, -0.1) is 0 Å². The van der Waals surface area contributed by atoms with Gasteiger partial charge < -0.3 is 24.4 Å². The third-order valence-electron chi connectivity index (χ3n) is 4.66. The van der Waals surface area contributed by atoms with Crippen molar-refractivity contribution in [2.75, 3.05) is 26.7 Å². The van der Waals surface area contributed by atoms with Gasteiger partial charge in [-0.05, 0) is 44.7 Å². The molecule has 138 valence electrons. The molecule has 25 heavy (non-hydrogen) atoms. The highest BCUT2D eigenvalue weighted by atomic mass is 16.5. The van der Waals surface area contributed by atoms with E-state index in [1.807, 2.05) is 43.0 Å². The molecule has 0 radical (unpaired) electrons. The highest BCUT2D eigenvalue weighted by Gasteiger charge is 2.38. The third-order valence-corrected chi connectivity index (χ3v) is 4.66. The number of amides is 2. The van der Waals surface area contributed by atoms with Gasteiger partial charge in [0.05, 0.1) is 25.9 Å². The summed E-state index contributed by atoms with van der Waals surface area (Å²) in [5.74, 6) is 2.00. The Morgan fingerprint density at radius 1 is 1.32 bits per heavy atom. The molecule has 6 nitrogen and oxygen atoms in total. The second-order valence-corrected chi connectivity index (χ2v) is 6.99. The summed E-state index contributed by atoms with van der Waals surface area (Å²) in [6, 6.07) is 7.47. The van der Waals surface area contributed by atoms with Crippen molar-refractivity contribution in [2.24, 2.45) is 5.92 Å². The highest BCUT2D eigenvalue weighted by molar-refractivity contribution is 5.74. The van der Waals surface area contributed by atoms with Crippen LogP contribution in [0, 0.1) is 5.92 Å². The van der Waals surface area contributed by atoms with Crippen molar-refractivity contribution in [2.45, 2.75) is 45.0 Å². The standard InChI is InChI=1S/C19H28N2O4/c1-13(24-17-7-5-4-6-16(17)23-3)10-20-19(22)21-11-14(2)25-18(12-21)15-8-9-15/h4-7,13-15,18H,8-12H2,1-3H3,(H,20,22). The minimum Gasteiger partial charge on any atom is -0.493 e. The smallest absolute Gasteiger partial charge is 0.317 e. The van der Waals surface area contributed by atoms with Crippen LogP contribution in [0.4, 0.5) is 4.79 Å². The molecule has 0 spiro atoms. The molecule has 1 aromatic carbocycles. The Bertz CT molecular complexity index is 591. The molecule has 1 N–H and O–H groups in total. The van der Waals surface area contributed by atoms with Gasteiger partial charge >= 0.3 is 6.03 Å². The number of hydrogen-bond acceptors (Lipinski definition) is 4. The van der Waals surface area contributed by atoms with Gasteiger partial charge in [0.2, 0.25) is 0 Å². The Morgan fingerprint density at radius 3 is 2.72 bits per heavy atom. The molecule has 6 heteroatoms. The largest absolute Gasteiger partial charge is 0.493 e. The first-order valence-corrected chi connectivity index (χ1v) is 9.04. The molecule has 1 aromatic rings. The molecule has 1 aliphatic carbocycles.